The lowest BCUT2D eigenvalue weighted by Crippen LogP contribution is -2.27. The second-order valence-corrected chi connectivity index (χ2v) is 4.84. The standard InChI is InChI=1S/C14H17N3O2/c15-12-9-18-8-11(12)14-16-13(17-19-14)7-6-10-4-2-1-3-5-10/h1-5,11-12H,6-9,15H2. The number of hydrogen-bond acceptors (Lipinski definition) is 5. The van der Waals surface area contributed by atoms with Crippen LogP contribution in [0, 0.1) is 0 Å². The number of aryl methyl sites for hydroxylation is 2. The molecule has 1 aromatic heterocycles. The molecule has 1 fully saturated rings. The van der Waals surface area contributed by atoms with Crippen molar-refractivity contribution < 1.29 is 9.26 Å². The van der Waals surface area contributed by atoms with Crippen molar-refractivity contribution >= 4 is 0 Å². The van der Waals surface area contributed by atoms with Gasteiger partial charge in [-0.1, -0.05) is 35.5 Å². The maximum Gasteiger partial charge on any atom is 0.233 e. The Hall–Kier alpha value is -1.72. The molecule has 0 spiro atoms. The Morgan fingerprint density at radius 3 is 2.74 bits per heavy atom. The average molecular weight is 259 g/mol. The maximum absolute atomic E-state index is 5.93. The molecule has 19 heavy (non-hydrogen) atoms. The molecule has 2 atom stereocenters. The number of ether oxygens (including phenoxy) is 1. The summed E-state index contributed by atoms with van der Waals surface area (Å²) in [6, 6.07) is 10.2. The maximum atomic E-state index is 5.93. The molecule has 5 heteroatoms. The number of nitrogens with two attached hydrogens (primary N) is 1. The van der Waals surface area contributed by atoms with Crippen LogP contribution >= 0.6 is 0 Å². The molecule has 0 radical (unpaired) electrons. The molecule has 3 rings (SSSR count). The molecular weight excluding hydrogens is 242 g/mol. The van der Waals surface area contributed by atoms with Gasteiger partial charge >= 0.3 is 0 Å². The third-order valence-corrected chi connectivity index (χ3v) is 3.41. The molecule has 5 nitrogen and oxygen atoms in total. The van der Waals surface area contributed by atoms with Crippen LogP contribution < -0.4 is 5.73 Å². The minimum Gasteiger partial charge on any atom is -0.379 e. The Labute approximate surface area is 111 Å². The fourth-order valence-electron chi connectivity index (χ4n) is 2.25. The minimum atomic E-state index is -0.0394. The summed E-state index contributed by atoms with van der Waals surface area (Å²) in [5.74, 6) is 1.38. The third kappa shape index (κ3) is 2.83. The van der Waals surface area contributed by atoms with Gasteiger partial charge in [-0.3, -0.25) is 0 Å². The normalized spacial score (nSPS) is 22.8. The summed E-state index contributed by atoms with van der Waals surface area (Å²) in [5.41, 5.74) is 7.21. The van der Waals surface area contributed by atoms with Crippen LogP contribution in [0.2, 0.25) is 0 Å². The molecule has 2 unspecified atom stereocenters. The van der Waals surface area contributed by atoms with Crippen molar-refractivity contribution in [3.63, 3.8) is 0 Å². The van der Waals surface area contributed by atoms with Gasteiger partial charge < -0.3 is 15.0 Å². The van der Waals surface area contributed by atoms with E-state index in [0.717, 1.165) is 18.7 Å². The Morgan fingerprint density at radius 2 is 2.00 bits per heavy atom. The predicted molar refractivity (Wildman–Crippen MR) is 69.7 cm³/mol. The number of nitrogens with zero attached hydrogens (tertiary/aromatic N) is 2. The van der Waals surface area contributed by atoms with E-state index in [1.54, 1.807) is 0 Å². The van der Waals surface area contributed by atoms with E-state index in [2.05, 4.69) is 22.3 Å². The van der Waals surface area contributed by atoms with Crippen LogP contribution in [0.3, 0.4) is 0 Å². The molecule has 2 heterocycles. The molecule has 1 aromatic carbocycles. The van der Waals surface area contributed by atoms with E-state index < -0.39 is 0 Å². The van der Waals surface area contributed by atoms with Gasteiger partial charge in [0.15, 0.2) is 5.82 Å². The van der Waals surface area contributed by atoms with Crippen molar-refractivity contribution in [2.75, 3.05) is 13.2 Å². The van der Waals surface area contributed by atoms with E-state index in [-0.39, 0.29) is 12.0 Å². The summed E-state index contributed by atoms with van der Waals surface area (Å²) in [7, 11) is 0. The minimum absolute atomic E-state index is 0.0394. The van der Waals surface area contributed by atoms with Crippen LogP contribution in [0.5, 0.6) is 0 Å². The van der Waals surface area contributed by atoms with Crippen LogP contribution in [0.4, 0.5) is 0 Å². The molecular formula is C14H17N3O2. The Balaban J connectivity index is 1.62. The fraction of sp³-hybridized carbons (Fsp3) is 0.429. The lowest BCUT2D eigenvalue weighted by molar-refractivity contribution is 0.187. The van der Waals surface area contributed by atoms with Gasteiger partial charge in [0.05, 0.1) is 19.1 Å². The highest BCUT2D eigenvalue weighted by Crippen LogP contribution is 2.22. The zero-order valence-corrected chi connectivity index (χ0v) is 10.7. The molecule has 0 saturated carbocycles. The van der Waals surface area contributed by atoms with Crippen LogP contribution in [0.15, 0.2) is 34.9 Å². The lowest BCUT2D eigenvalue weighted by atomic mass is 10.1. The molecule has 2 aromatic rings. The van der Waals surface area contributed by atoms with Gasteiger partial charge in [-0.05, 0) is 12.0 Å². The molecule has 0 aliphatic carbocycles. The van der Waals surface area contributed by atoms with E-state index >= 15 is 0 Å². The smallest absolute Gasteiger partial charge is 0.233 e. The van der Waals surface area contributed by atoms with Crippen LogP contribution in [0.25, 0.3) is 0 Å². The van der Waals surface area contributed by atoms with Gasteiger partial charge in [0.2, 0.25) is 5.89 Å². The molecule has 2 N–H and O–H groups in total. The summed E-state index contributed by atoms with van der Waals surface area (Å²) < 4.78 is 10.6. The summed E-state index contributed by atoms with van der Waals surface area (Å²) >= 11 is 0. The van der Waals surface area contributed by atoms with E-state index in [4.69, 9.17) is 15.0 Å². The number of aromatic nitrogens is 2. The lowest BCUT2D eigenvalue weighted by Gasteiger charge is -2.06. The first kappa shape index (κ1) is 12.3. The van der Waals surface area contributed by atoms with Crippen molar-refractivity contribution in [1.82, 2.24) is 10.1 Å². The van der Waals surface area contributed by atoms with Crippen LogP contribution in [-0.4, -0.2) is 29.4 Å². The Bertz CT molecular complexity index is 526. The van der Waals surface area contributed by atoms with Crippen LogP contribution in [-0.2, 0) is 17.6 Å². The van der Waals surface area contributed by atoms with Gasteiger partial charge in [0.25, 0.3) is 0 Å². The average Bonchev–Trinajstić information content (AvgIpc) is 3.06. The Morgan fingerprint density at radius 1 is 1.16 bits per heavy atom. The van der Waals surface area contributed by atoms with Gasteiger partial charge in [-0.15, -0.1) is 0 Å². The molecule has 1 saturated heterocycles. The summed E-state index contributed by atoms with van der Waals surface area (Å²) in [6.45, 7) is 1.13. The van der Waals surface area contributed by atoms with Crippen molar-refractivity contribution in [3.8, 4) is 0 Å². The summed E-state index contributed by atoms with van der Waals surface area (Å²) in [6.07, 6.45) is 1.68. The van der Waals surface area contributed by atoms with Crippen molar-refractivity contribution in [2.24, 2.45) is 5.73 Å². The highest BCUT2D eigenvalue weighted by Gasteiger charge is 2.31. The largest absolute Gasteiger partial charge is 0.379 e. The first-order valence-electron chi connectivity index (χ1n) is 6.52. The molecule has 0 bridgehead atoms. The van der Waals surface area contributed by atoms with Crippen molar-refractivity contribution in [1.29, 1.82) is 0 Å². The number of hydrogen-bond donors (Lipinski definition) is 1. The van der Waals surface area contributed by atoms with Gasteiger partial charge in [-0.25, -0.2) is 0 Å². The van der Waals surface area contributed by atoms with Crippen LogP contribution in [0.1, 0.15) is 23.2 Å². The summed E-state index contributed by atoms with van der Waals surface area (Å²) in [4.78, 5) is 4.42. The highest BCUT2D eigenvalue weighted by atomic mass is 16.5. The molecule has 1 aliphatic rings. The zero-order chi connectivity index (χ0) is 13.1. The number of benzene rings is 1. The zero-order valence-electron chi connectivity index (χ0n) is 10.7. The van der Waals surface area contributed by atoms with Crippen molar-refractivity contribution in [2.45, 2.75) is 24.8 Å². The van der Waals surface area contributed by atoms with Gasteiger partial charge in [0, 0.05) is 12.5 Å². The molecule has 100 valence electrons. The van der Waals surface area contributed by atoms with Gasteiger partial charge in [-0.2, -0.15) is 4.98 Å². The number of rotatable bonds is 4. The van der Waals surface area contributed by atoms with E-state index in [0.29, 0.717) is 19.1 Å². The van der Waals surface area contributed by atoms with E-state index in [1.165, 1.54) is 5.56 Å². The fourth-order valence-corrected chi connectivity index (χ4v) is 2.25. The second-order valence-electron chi connectivity index (χ2n) is 4.84. The predicted octanol–water partition coefficient (Wildman–Crippen LogP) is 1.30. The van der Waals surface area contributed by atoms with E-state index in [9.17, 15) is 0 Å². The summed E-state index contributed by atoms with van der Waals surface area (Å²) in [5, 5.41) is 4.01. The van der Waals surface area contributed by atoms with Crippen molar-refractivity contribution in [3.05, 3.63) is 47.6 Å². The quantitative estimate of drug-likeness (QED) is 0.895. The van der Waals surface area contributed by atoms with E-state index in [1.807, 2.05) is 18.2 Å². The first-order valence-corrected chi connectivity index (χ1v) is 6.52. The monoisotopic (exact) mass is 259 g/mol. The third-order valence-electron chi connectivity index (χ3n) is 3.41. The first-order chi connectivity index (χ1) is 9.33. The topological polar surface area (TPSA) is 74.2 Å². The van der Waals surface area contributed by atoms with Gasteiger partial charge in [0.1, 0.15) is 0 Å². The Kier molecular flexibility index (Phi) is 3.57. The highest BCUT2D eigenvalue weighted by molar-refractivity contribution is 5.15. The molecule has 0 amide bonds. The molecule has 1 aliphatic heterocycles. The second kappa shape index (κ2) is 5.50. The SMILES string of the molecule is NC1COCC1c1nc(CCc2ccccc2)no1.